The number of anilines is 3. The molecule has 1 N–H and O–H groups in total. The second kappa shape index (κ2) is 13.8. The van der Waals surface area contributed by atoms with Gasteiger partial charge in [0.05, 0.1) is 30.9 Å². The zero-order valence-electron chi connectivity index (χ0n) is 29.7. The number of carbonyl (C=O) groups excluding carboxylic acids is 2. The molecule has 0 unspecified atom stereocenters. The Hall–Kier alpha value is -5.45. The molecule has 0 saturated carbocycles. The zero-order valence-corrected chi connectivity index (χ0v) is 29.7. The Kier molecular flexibility index (Phi) is 9.04. The summed E-state index contributed by atoms with van der Waals surface area (Å²) in [5.74, 6) is 0.0894. The Balaban J connectivity index is 0.986. The number of carboxylic acids is 1. The van der Waals surface area contributed by atoms with E-state index in [-0.39, 0.29) is 35.5 Å². The summed E-state index contributed by atoms with van der Waals surface area (Å²) in [5.41, 5.74) is 4.73. The molecule has 2 saturated heterocycles. The van der Waals surface area contributed by atoms with Crippen molar-refractivity contribution in [1.29, 1.82) is 0 Å². The number of rotatable bonds is 8. The number of amides is 2. The zero-order chi connectivity index (χ0) is 37.0. The van der Waals surface area contributed by atoms with Gasteiger partial charge in [-0.3, -0.25) is 23.9 Å². The number of carbonyl (C=O) groups is 3. The van der Waals surface area contributed by atoms with Crippen molar-refractivity contribution in [3.05, 3.63) is 64.9 Å². The monoisotopic (exact) mass is 729 g/mol. The van der Waals surface area contributed by atoms with Crippen LogP contribution >= 0.6 is 0 Å². The minimum absolute atomic E-state index is 0.0284. The van der Waals surface area contributed by atoms with Gasteiger partial charge in [0, 0.05) is 119 Å². The van der Waals surface area contributed by atoms with Crippen LogP contribution in [0, 0.1) is 0 Å². The SMILES string of the molecule is CC(=O)N1CCc2c(c(N3CCCc4cc(-c5cnn(C)c5)c(C(F)F)cc43)nn2C2CN(C(=O)CN3CCN(c4ncc(C(=O)O)cn4)CC3)C2)C1. The van der Waals surface area contributed by atoms with Crippen LogP contribution in [0.3, 0.4) is 0 Å². The Morgan fingerprint density at radius 2 is 1.72 bits per heavy atom. The number of piperazine rings is 1. The lowest BCUT2D eigenvalue weighted by Gasteiger charge is -2.42. The van der Waals surface area contributed by atoms with Crippen molar-refractivity contribution in [2.24, 2.45) is 7.05 Å². The van der Waals surface area contributed by atoms with E-state index < -0.39 is 12.4 Å². The molecule has 0 aliphatic carbocycles. The summed E-state index contributed by atoms with van der Waals surface area (Å²) < 4.78 is 32.8. The van der Waals surface area contributed by atoms with E-state index in [2.05, 4.69) is 20.0 Å². The second-order valence-corrected chi connectivity index (χ2v) is 14.2. The number of nitrogens with zero attached hydrogens (tertiary/aromatic N) is 11. The van der Waals surface area contributed by atoms with Gasteiger partial charge in [-0.2, -0.15) is 10.2 Å². The molecule has 7 heterocycles. The summed E-state index contributed by atoms with van der Waals surface area (Å²) in [4.78, 5) is 55.2. The van der Waals surface area contributed by atoms with Crippen molar-refractivity contribution >= 4 is 35.2 Å². The van der Waals surface area contributed by atoms with E-state index in [1.165, 1.54) is 12.4 Å². The van der Waals surface area contributed by atoms with Crippen molar-refractivity contribution in [2.45, 2.75) is 45.2 Å². The van der Waals surface area contributed by atoms with E-state index in [1.807, 2.05) is 25.4 Å². The molecule has 17 heteroatoms. The molecule has 3 aromatic heterocycles. The van der Waals surface area contributed by atoms with Crippen LogP contribution in [0.15, 0.2) is 36.9 Å². The highest BCUT2D eigenvalue weighted by Crippen LogP contribution is 2.43. The maximum Gasteiger partial charge on any atom is 0.338 e. The van der Waals surface area contributed by atoms with Gasteiger partial charge in [0.2, 0.25) is 17.8 Å². The van der Waals surface area contributed by atoms with E-state index in [4.69, 9.17) is 10.2 Å². The van der Waals surface area contributed by atoms with Gasteiger partial charge < -0.3 is 24.7 Å². The molecule has 53 heavy (non-hydrogen) atoms. The van der Waals surface area contributed by atoms with Crippen LogP contribution in [-0.4, -0.2) is 126 Å². The largest absolute Gasteiger partial charge is 0.478 e. The van der Waals surface area contributed by atoms with E-state index in [1.54, 1.807) is 42.0 Å². The van der Waals surface area contributed by atoms with Crippen LogP contribution in [0.2, 0.25) is 0 Å². The van der Waals surface area contributed by atoms with Crippen LogP contribution in [0.25, 0.3) is 11.1 Å². The van der Waals surface area contributed by atoms with Gasteiger partial charge in [-0.25, -0.2) is 23.5 Å². The number of benzene rings is 1. The Morgan fingerprint density at radius 3 is 2.38 bits per heavy atom. The average molecular weight is 730 g/mol. The maximum absolute atomic E-state index is 14.6. The minimum atomic E-state index is -2.69. The van der Waals surface area contributed by atoms with Gasteiger partial charge in [0.25, 0.3) is 6.43 Å². The van der Waals surface area contributed by atoms with Crippen LogP contribution in [0.5, 0.6) is 0 Å². The molecule has 8 rings (SSSR count). The first-order chi connectivity index (χ1) is 25.5. The average Bonchev–Trinajstić information content (AvgIpc) is 3.73. The highest BCUT2D eigenvalue weighted by molar-refractivity contribution is 5.86. The smallest absolute Gasteiger partial charge is 0.338 e. The molecule has 2 fully saturated rings. The molecule has 278 valence electrons. The van der Waals surface area contributed by atoms with Crippen LogP contribution in [0.4, 0.5) is 26.2 Å². The van der Waals surface area contributed by atoms with Gasteiger partial charge in [-0.05, 0) is 36.1 Å². The molecule has 4 aromatic rings. The van der Waals surface area contributed by atoms with Gasteiger partial charge >= 0.3 is 5.97 Å². The number of likely N-dealkylation sites (tertiary alicyclic amines) is 1. The Morgan fingerprint density at radius 1 is 0.962 bits per heavy atom. The van der Waals surface area contributed by atoms with Crippen molar-refractivity contribution < 1.29 is 28.3 Å². The molecular weight excluding hydrogens is 688 g/mol. The summed E-state index contributed by atoms with van der Waals surface area (Å²) >= 11 is 0. The lowest BCUT2D eigenvalue weighted by Crippen LogP contribution is -2.56. The van der Waals surface area contributed by atoms with Crippen LogP contribution in [-0.2, 0) is 36.0 Å². The predicted molar refractivity (Wildman–Crippen MR) is 189 cm³/mol. The number of alkyl halides is 2. The fourth-order valence-corrected chi connectivity index (χ4v) is 7.88. The molecule has 4 aliphatic rings. The number of aromatic nitrogens is 6. The molecule has 4 aliphatic heterocycles. The third kappa shape index (κ3) is 6.57. The standard InChI is InChI=1S/C36H41F2N11O4/c1-22(50)46-7-5-30-29(20-46)34(48-6-3-4-23-12-27(25-16-41-43(2)17-25)28(33(37)38)13-31(23)48)42-49(30)26-18-47(19-26)32(51)21-44-8-10-45(11-9-44)36-39-14-24(15-40-36)35(52)53/h12-17,26,33H,3-11,18-21H2,1-2H3,(H,52,53). The molecule has 0 atom stereocenters. The maximum atomic E-state index is 14.6. The topological polar surface area (TPSA) is 149 Å². The summed E-state index contributed by atoms with van der Waals surface area (Å²) in [5, 5.41) is 18.5. The highest BCUT2D eigenvalue weighted by atomic mass is 19.3. The first-order valence-corrected chi connectivity index (χ1v) is 17.9. The predicted octanol–water partition coefficient (Wildman–Crippen LogP) is 2.90. The quantitative estimate of drug-likeness (QED) is 0.286. The minimum Gasteiger partial charge on any atom is -0.478 e. The van der Waals surface area contributed by atoms with Gasteiger partial charge in [0.15, 0.2) is 5.82 Å². The number of carboxylic acid groups (broad SMARTS) is 1. The van der Waals surface area contributed by atoms with Crippen LogP contribution < -0.4 is 9.80 Å². The fraction of sp³-hybridized carbons (Fsp3) is 0.472. The fourth-order valence-electron chi connectivity index (χ4n) is 7.88. The third-order valence-corrected chi connectivity index (χ3v) is 10.8. The van der Waals surface area contributed by atoms with Crippen molar-refractivity contribution in [2.75, 3.05) is 68.7 Å². The molecule has 15 nitrogen and oxygen atoms in total. The summed E-state index contributed by atoms with van der Waals surface area (Å²) in [6.45, 7) is 6.93. The summed E-state index contributed by atoms with van der Waals surface area (Å²) in [6, 6.07) is 3.43. The third-order valence-electron chi connectivity index (χ3n) is 10.8. The van der Waals surface area contributed by atoms with Gasteiger partial charge in [0.1, 0.15) is 0 Å². The number of halogens is 2. The number of aryl methyl sites for hydroxylation is 2. The lowest BCUT2D eigenvalue weighted by atomic mass is 9.92. The van der Waals surface area contributed by atoms with Gasteiger partial charge in [-0.15, -0.1) is 0 Å². The van der Waals surface area contributed by atoms with Crippen LogP contribution in [0.1, 0.15) is 58.6 Å². The number of fused-ring (bicyclic) bond motifs is 2. The van der Waals surface area contributed by atoms with Crippen molar-refractivity contribution in [1.82, 2.24) is 44.2 Å². The van der Waals surface area contributed by atoms with Crippen molar-refractivity contribution in [3.8, 4) is 11.1 Å². The summed E-state index contributed by atoms with van der Waals surface area (Å²) in [7, 11) is 1.76. The number of hydrogen-bond acceptors (Lipinski definition) is 10. The first kappa shape index (κ1) is 34.6. The molecule has 1 aromatic carbocycles. The molecule has 0 spiro atoms. The first-order valence-electron chi connectivity index (χ1n) is 17.9. The van der Waals surface area contributed by atoms with E-state index in [0.29, 0.717) is 93.9 Å². The highest BCUT2D eigenvalue weighted by Gasteiger charge is 2.39. The van der Waals surface area contributed by atoms with Gasteiger partial charge in [-0.1, -0.05) is 0 Å². The van der Waals surface area contributed by atoms with Crippen molar-refractivity contribution in [3.63, 3.8) is 0 Å². The van der Waals surface area contributed by atoms with E-state index in [0.717, 1.165) is 29.7 Å². The molecule has 2 amide bonds. The number of hydrogen-bond donors (Lipinski definition) is 1. The Bertz CT molecular complexity index is 2050. The molecule has 0 bridgehead atoms. The second-order valence-electron chi connectivity index (χ2n) is 14.2. The number of aromatic carboxylic acids is 1. The molecular formula is C36H41F2N11O4. The molecule has 0 radical (unpaired) electrons. The Labute approximate surface area is 304 Å². The summed E-state index contributed by atoms with van der Waals surface area (Å²) in [6.07, 6.45) is 5.44. The lowest BCUT2D eigenvalue weighted by molar-refractivity contribution is -0.138. The van der Waals surface area contributed by atoms with E-state index in [9.17, 15) is 23.2 Å². The van der Waals surface area contributed by atoms with E-state index >= 15 is 0 Å². The normalized spacial score (nSPS) is 17.9.